The number of carboxylic acid groups (broad SMARTS) is 1. The Bertz CT molecular complexity index is 427. The van der Waals surface area contributed by atoms with Crippen LogP contribution < -0.4 is 15.7 Å². The van der Waals surface area contributed by atoms with E-state index in [1.54, 1.807) is 34.6 Å². The summed E-state index contributed by atoms with van der Waals surface area (Å²) in [6.07, 6.45) is -0.467. The molecule has 2 N–H and O–H groups in total. The molecule has 0 rings (SSSR count). The third-order valence-electron chi connectivity index (χ3n) is 2.93. The van der Waals surface area contributed by atoms with Gasteiger partial charge in [-0.05, 0) is 39.0 Å². The summed E-state index contributed by atoms with van der Waals surface area (Å²) in [6, 6.07) is -1.98. The number of rotatable bonds is 7. The van der Waals surface area contributed by atoms with E-state index in [9.17, 15) is 19.5 Å². The second-order valence-electron chi connectivity index (χ2n) is 7.38. The molecular formula is C16H29N2O5-. The standard InChI is InChI=1S/C16H30N2O5/c1-9(2)8-11(14(20)21)17-13(19)12(10(3)4)18-15(22)23-16(5,6)7/h9-12H,8H2,1-7H3,(H,17,19)(H,18,22)(H,20,21)/p-1/t11-,12+/m1/s1. The van der Waals surface area contributed by atoms with Gasteiger partial charge in [0, 0.05) is 0 Å². The lowest BCUT2D eigenvalue weighted by molar-refractivity contribution is -0.308. The maximum atomic E-state index is 12.3. The Morgan fingerprint density at radius 2 is 1.57 bits per heavy atom. The van der Waals surface area contributed by atoms with Crippen molar-refractivity contribution in [2.45, 2.75) is 72.6 Å². The van der Waals surface area contributed by atoms with Gasteiger partial charge in [-0.2, -0.15) is 0 Å². The molecule has 7 nitrogen and oxygen atoms in total. The third kappa shape index (κ3) is 9.05. The number of nitrogens with one attached hydrogen (secondary N) is 2. The van der Waals surface area contributed by atoms with E-state index >= 15 is 0 Å². The number of carboxylic acids is 1. The molecule has 0 saturated heterocycles. The summed E-state index contributed by atoms with van der Waals surface area (Å²) in [6.45, 7) is 12.3. The van der Waals surface area contributed by atoms with Gasteiger partial charge in [0.25, 0.3) is 0 Å². The minimum atomic E-state index is -1.34. The van der Waals surface area contributed by atoms with Crippen LogP contribution in [-0.4, -0.2) is 35.7 Å². The van der Waals surface area contributed by atoms with Gasteiger partial charge in [-0.3, -0.25) is 4.79 Å². The minimum absolute atomic E-state index is 0.0783. The molecule has 0 aliphatic heterocycles. The smallest absolute Gasteiger partial charge is 0.408 e. The number of carbonyl (C=O) groups is 3. The lowest BCUT2D eigenvalue weighted by atomic mass is 10.0. The van der Waals surface area contributed by atoms with Crippen molar-refractivity contribution in [3.8, 4) is 0 Å². The molecule has 0 bridgehead atoms. The Kier molecular flexibility index (Phi) is 8.06. The quantitative estimate of drug-likeness (QED) is 0.719. The molecule has 0 radical (unpaired) electrons. The predicted octanol–water partition coefficient (Wildman–Crippen LogP) is 0.817. The van der Waals surface area contributed by atoms with Crippen molar-refractivity contribution in [2.75, 3.05) is 0 Å². The van der Waals surface area contributed by atoms with Crippen LogP contribution in [0.4, 0.5) is 4.79 Å². The highest BCUT2D eigenvalue weighted by Gasteiger charge is 2.28. The third-order valence-corrected chi connectivity index (χ3v) is 2.93. The van der Waals surface area contributed by atoms with Crippen LogP contribution in [0.3, 0.4) is 0 Å². The van der Waals surface area contributed by atoms with E-state index in [0.29, 0.717) is 0 Å². The minimum Gasteiger partial charge on any atom is -0.548 e. The number of hydrogen-bond acceptors (Lipinski definition) is 5. The van der Waals surface area contributed by atoms with Crippen molar-refractivity contribution in [1.82, 2.24) is 10.6 Å². The fourth-order valence-electron chi connectivity index (χ4n) is 1.92. The van der Waals surface area contributed by atoms with Crippen LogP contribution in [0.25, 0.3) is 0 Å². The number of carbonyl (C=O) groups excluding carboxylic acids is 3. The first-order valence-corrected chi connectivity index (χ1v) is 7.84. The molecule has 0 fully saturated rings. The summed E-state index contributed by atoms with van der Waals surface area (Å²) in [5.74, 6) is -2.06. The molecule has 0 unspecified atom stereocenters. The molecule has 23 heavy (non-hydrogen) atoms. The molecule has 7 heteroatoms. The number of amides is 2. The Balaban J connectivity index is 4.91. The van der Waals surface area contributed by atoms with E-state index in [4.69, 9.17) is 4.74 Å². The summed E-state index contributed by atoms with van der Waals surface area (Å²) in [5, 5.41) is 16.0. The van der Waals surface area contributed by atoms with Gasteiger partial charge in [0.2, 0.25) is 5.91 Å². The fraction of sp³-hybridized carbons (Fsp3) is 0.812. The molecule has 0 aromatic rings. The zero-order valence-electron chi connectivity index (χ0n) is 15.1. The number of alkyl carbamates (subject to hydrolysis) is 1. The SMILES string of the molecule is CC(C)C[C@@H](NC(=O)[C@@H](NC(=O)OC(C)(C)C)C(C)C)C(=O)[O-]. The summed E-state index contributed by atoms with van der Waals surface area (Å²) in [7, 11) is 0. The van der Waals surface area contributed by atoms with E-state index in [1.807, 2.05) is 13.8 Å². The first-order valence-electron chi connectivity index (χ1n) is 7.84. The van der Waals surface area contributed by atoms with Crippen molar-refractivity contribution < 1.29 is 24.2 Å². The maximum Gasteiger partial charge on any atom is 0.408 e. The van der Waals surface area contributed by atoms with Crippen molar-refractivity contribution in [3.63, 3.8) is 0 Å². The summed E-state index contributed by atoms with van der Waals surface area (Å²) in [5.41, 5.74) is -0.687. The first kappa shape index (κ1) is 21.2. The van der Waals surface area contributed by atoms with Crippen molar-refractivity contribution in [3.05, 3.63) is 0 Å². The van der Waals surface area contributed by atoms with Gasteiger partial charge < -0.3 is 25.3 Å². The van der Waals surface area contributed by atoms with Gasteiger partial charge >= 0.3 is 6.09 Å². The Hall–Kier alpha value is -1.79. The second-order valence-corrected chi connectivity index (χ2v) is 7.38. The molecule has 0 heterocycles. The van der Waals surface area contributed by atoms with Crippen LogP contribution >= 0.6 is 0 Å². The largest absolute Gasteiger partial charge is 0.548 e. The van der Waals surface area contributed by atoms with Crippen molar-refractivity contribution >= 4 is 18.0 Å². The molecule has 2 atom stereocenters. The highest BCUT2D eigenvalue weighted by molar-refractivity contribution is 5.89. The van der Waals surface area contributed by atoms with Gasteiger partial charge in [-0.25, -0.2) is 4.79 Å². The Labute approximate surface area is 138 Å². The van der Waals surface area contributed by atoms with E-state index in [-0.39, 0.29) is 18.3 Å². The number of ether oxygens (including phenoxy) is 1. The van der Waals surface area contributed by atoms with Gasteiger partial charge in [0.1, 0.15) is 11.6 Å². The van der Waals surface area contributed by atoms with E-state index in [1.165, 1.54) is 0 Å². The molecule has 2 amide bonds. The lowest BCUT2D eigenvalue weighted by Crippen LogP contribution is -2.56. The molecule has 0 aliphatic carbocycles. The zero-order chi connectivity index (χ0) is 18.4. The molecule has 0 aromatic heterocycles. The summed E-state index contributed by atoms with van der Waals surface area (Å²) in [4.78, 5) is 35.3. The molecule has 0 aliphatic rings. The molecule has 0 aromatic carbocycles. The predicted molar refractivity (Wildman–Crippen MR) is 84.4 cm³/mol. The summed E-state index contributed by atoms with van der Waals surface area (Å²) < 4.78 is 5.13. The first-order chi connectivity index (χ1) is 10.3. The Morgan fingerprint density at radius 3 is 1.91 bits per heavy atom. The highest BCUT2D eigenvalue weighted by Crippen LogP contribution is 2.10. The average Bonchev–Trinajstić information content (AvgIpc) is 2.31. The number of hydrogen-bond donors (Lipinski definition) is 2. The van der Waals surface area contributed by atoms with E-state index < -0.39 is 35.7 Å². The highest BCUT2D eigenvalue weighted by atomic mass is 16.6. The molecule has 0 saturated carbocycles. The monoisotopic (exact) mass is 329 g/mol. The maximum absolute atomic E-state index is 12.3. The Morgan fingerprint density at radius 1 is 1.04 bits per heavy atom. The van der Waals surface area contributed by atoms with Crippen LogP contribution in [0.5, 0.6) is 0 Å². The van der Waals surface area contributed by atoms with Crippen molar-refractivity contribution in [2.24, 2.45) is 11.8 Å². The zero-order valence-corrected chi connectivity index (χ0v) is 15.1. The van der Waals surface area contributed by atoms with Gasteiger partial charge in [-0.1, -0.05) is 27.7 Å². The average molecular weight is 329 g/mol. The van der Waals surface area contributed by atoms with Crippen molar-refractivity contribution in [1.29, 1.82) is 0 Å². The van der Waals surface area contributed by atoms with Crippen LogP contribution in [0.2, 0.25) is 0 Å². The van der Waals surface area contributed by atoms with Gasteiger partial charge in [-0.15, -0.1) is 0 Å². The van der Waals surface area contributed by atoms with Crippen LogP contribution in [0.15, 0.2) is 0 Å². The van der Waals surface area contributed by atoms with Gasteiger partial charge in [0.05, 0.1) is 12.0 Å². The molecule has 0 spiro atoms. The van der Waals surface area contributed by atoms with Gasteiger partial charge in [0.15, 0.2) is 0 Å². The normalized spacial score (nSPS) is 14.3. The van der Waals surface area contributed by atoms with E-state index in [0.717, 1.165) is 0 Å². The number of aliphatic carboxylic acids is 1. The van der Waals surface area contributed by atoms with Crippen LogP contribution in [0.1, 0.15) is 54.9 Å². The molecule has 134 valence electrons. The lowest BCUT2D eigenvalue weighted by Gasteiger charge is -2.28. The topological polar surface area (TPSA) is 108 Å². The van der Waals surface area contributed by atoms with E-state index in [2.05, 4.69) is 10.6 Å². The fourth-order valence-corrected chi connectivity index (χ4v) is 1.92. The van der Waals surface area contributed by atoms with Crippen LogP contribution in [-0.2, 0) is 14.3 Å². The summed E-state index contributed by atoms with van der Waals surface area (Å²) >= 11 is 0. The molecular weight excluding hydrogens is 300 g/mol. The van der Waals surface area contributed by atoms with Crippen LogP contribution in [0, 0.1) is 11.8 Å². The second kappa shape index (κ2) is 8.74.